The summed E-state index contributed by atoms with van der Waals surface area (Å²) in [6.07, 6.45) is 1.52. The van der Waals surface area contributed by atoms with Gasteiger partial charge < -0.3 is 16.6 Å². The number of tetrazole rings is 1. The molecule has 166 valence electrons. The maximum absolute atomic E-state index is 12.4. The van der Waals surface area contributed by atoms with Gasteiger partial charge in [0, 0.05) is 17.8 Å². The maximum atomic E-state index is 12.4. The molecule has 0 amide bonds. The Kier molecular flexibility index (Phi) is 6.03. The highest BCUT2D eigenvalue weighted by Crippen LogP contribution is 2.38. The highest BCUT2D eigenvalue weighted by molar-refractivity contribution is 7.92. The van der Waals surface area contributed by atoms with Gasteiger partial charge in [0.2, 0.25) is 25.9 Å². The molecule has 1 aromatic carbocycles. The predicted octanol–water partition coefficient (Wildman–Crippen LogP) is -2.33. The van der Waals surface area contributed by atoms with Crippen LogP contribution < -0.4 is 21.7 Å². The van der Waals surface area contributed by atoms with Crippen LogP contribution in [0, 0.1) is 0 Å². The number of H-pyrrole nitrogens is 1. The Bertz CT molecular complexity index is 1330. The number of aliphatic hydroxyl groups is 1. The van der Waals surface area contributed by atoms with Crippen LogP contribution in [0.25, 0.3) is 22.5 Å². The van der Waals surface area contributed by atoms with Gasteiger partial charge in [-0.15, -0.1) is 10.2 Å². The van der Waals surface area contributed by atoms with Crippen LogP contribution in [0.5, 0.6) is 0 Å². The number of pyridine rings is 1. The number of nitrogens with zero attached hydrogens (tertiary/aromatic N) is 4. The minimum Gasteiger partial charge on any atom is -0.395 e. The van der Waals surface area contributed by atoms with E-state index < -0.39 is 35.9 Å². The van der Waals surface area contributed by atoms with Crippen molar-refractivity contribution < 1.29 is 21.9 Å². The van der Waals surface area contributed by atoms with Gasteiger partial charge in [0.1, 0.15) is 15.6 Å². The molecule has 1 atom stereocenters. The van der Waals surface area contributed by atoms with Crippen molar-refractivity contribution in [3.05, 3.63) is 30.0 Å². The van der Waals surface area contributed by atoms with Crippen molar-refractivity contribution in [3.63, 3.8) is 0 Å². The number of hydrogen-bond acceptors (Lipinski definition) is 11. The molecular weight excluding hydrogens is 450 g/mol. The van der Waals surface area contributed by atoms with Gasteiger partial charge in [-0.3, -0.25) is 0 Å². The van der Waals surface area contributed by atoms with Crippen LogP contribution in [0.15, 0.2) is 34.2 Å². The van der Waals surface area contributed by atoms with Crippen LogP contribution in [0.4, 0.5) is 5.82 Å². The molecule has 0 aliphatic carbocycles. The Balaban J connectivity index is 2.39. The van der Waals surface area contributed by atoms with E-state index in [0.29, 0.717) is 11.1 Å². The zero-order valence-electron chi connectivity index (χ0n) is 15.8. The third-order valence-electron chi connectivity index (χ3n) is 4.31. The third-order valence-corrected chi connectivity index (χ3v) is 6.39. The highest BCUT2D eigenvalue weighted by Gasteiger charge is 2.30. The topological polar surface area (TPSA) is 260 Å². The second kappa shape index (κ2) is 8.25. The van der Waals surface area contributed by atoms with Crippen molar-refractivity contribution in [1.82, 2.24) is 25.6 Å². The molecule has 10 N–H and O–H groups in total. The first-order chi connectivity index (χ1) is 14.4. The molecule has 14 nitrogen and oxygen atoms in total. The lowest BCUT2D eigenvalue weighted by Gasteiger charge is -2.16. The molecule has 0 radical (unpaired) electrons. The van der Waals surface area contributed by atoms with Crippen LogP contribution in [0.1, 0.15) is 5.56 Å². The van der Waals surface area contributed by atoms with E-state index in [0.717, 1.165) is 6.07 Å². The van der Waals surface area contributed by atoms with E-state index in [1.54, 1.807) is 6.07 Å². The highest BCUT2D eigenvalue weighted by atomic mass is 32.2. The summed E-state index contributed by atoms with van der Waals surface area (Å²) in [4.78, 5) is 2.56. The molecule has 3 rings (SSSR count). The van der Waals surface area contributed by atoms with Gasteiger partial charge in [0.05, 0.1) is 12.2 Å². The Morgan fingerprint density at radius 3 is 2.39 bits per heavy atom. The second-order valence-electron chi connectivity index (χ2n) is 6.56. The molecule has 0 saturated heterocycles. The van der Waals surface area contributed by atoms with E-state index in [4.69, 9.17) is 21.7 Å². The van der Waals surface area contributed by atoms with Crippen molar-refractivity contribution in [3.8, 4) is 22.5 Å². The molecule has 31 heavy (non-hydrogen) atoms. The normalized spacial score (nSPS) is 13.3. The van der Waals surface area contributed by atoms with Crippen LogP contribution in [0.3, 0.4) is 0 Å². The second-order valence-corrected chi connectivity index (χ2v) is 9.58. The van der Waals surface area contributed by atoms with Gasteiger partial charge in [0.15, 0.2) is 0 Å². The molecule has 0 aliphatic heterocycles. The van der Waals surface area contributed by atoms with Crippen molar-refractivity contribution in [2.24, 2.45) is 16.0 Å². The lowest BCUT2D eigenvalue weighted by atomic mass is 9.97. The monoisotopic (exact) mass is 469 g/mol. The van der Waals surface area contributed by atoms with Crippen molar-refractivity contribution >= 4 is 25.9 Å². The summed E-state index contributed by atoms with van der Waals surface area (Å²) >= 11 is 0. The lowest BCUT2D eigenvalue weighted by Crippen LogP contribution is -2.27. The van der Waals surface area contributed by atoms with Crippen molar-refractivity contribution in [2.75, 3.05) is 12.3 Å². The third kappa shape index (κ3) is 4.68. The Labute approximate surface area is 176 Å². The molecule has 0 spiro atoms. The largest absolute Gasteiger partial charge is 0.395 e. The van der Waals surface area contributed by atoms with E-state index in [2.05, 4.69) is 25.6 Å². The van der Waals surface area contributed by atoms with E-state index in [-0.39, 0.29) is 35.8 Å². The number of nitrogen functional groups attached to an aromatic ring is 1. The summed E-state index contributed by atoms with van der Waals surface area (Å²) in [6.45, 7) is -0.295. The fourth-order valence-electron chi connectivity index (χ4n) is 2.98. The molecular formula is C15H19N9O5S2. The number of sulfonamides is 2. The average Bonchev–Trinajstić information content (AvgIpc) is 3.21. The van der Waals surface area contributed by atoms with E-state index in [1.165, 1.54) is 12.3 Å². The summed E-state index contributed by atoms with van der Waals surface area (Å²) in [5.41, 5.74) is 12.4. The Morgan fingerprint density at radius 1 is 1.13 bits per heavy atom. The zero-order valence-corrected chi connectivity index (χ0v) is 17.4. The number of aromatic amines is 1. The van der Waals surface area contributed by atoms with Gasteiger partial charge in [0.25, 0.3) is 0 Å². The molecule has 3 aromatic rings. The number of nitrogens with one attached hydrogen (secondary N) is 1. The molecule has 16 heteroatoms. The number of aliphatic hydroxyl groups excluding tert-OH is 1. The number of hydrogen-bond donors (Lipinski definition) is 6. The van der Waals surface area contributed by atoms with E-state index in [1.807, 2.05) is 0 Å². The molecule has 0 aliphatic rings. The zero-order chi connectivity index (χ0) is 23.0. The van der Waals surface area contributed by atoms with Crippen LogP contribution in [-0.4, -0.2) is 60.2 Å². The van der Waals surface area contributed by atoms with Gasteiger partial charge in [-0.05, 0) is 34.9 Å². The lowest BCUT2D eigenvalue weighted by molar-refractivity contribution is 0.265. The van der Waals surface area contributed by atoms with Crippen molar-refractivity contribution in [1.29, 1.82) is 0 Å². The van der Waals surface area contributed by atoms with Gasteiger partial charge in [-0.25, -0.2) is 32.1 Å². The summed E-state index contributed by atoms with van der Waals surface area (Å²) in [7, 11) is -9.11. The Morgan fingerprint density at radius 2 is 1.84 bits per heavy atom. The number of primary sulfonamides is 2. The van der Waals surface area contributed by atoms with E-state index in [9.17, 15) is 21.9 Å². The molecule has 2 aromatic heterocycles. The SMILES string of the molecule is Nc1ncc(-c2ccc(S(N)(=O)=O)c(S(N)(=O)=O)c2-c2nn[nH]n2)cc1C[C@@H](N)CO. The van der Waals surface area contributed by atoms with Gasteiger partial charge in [-0.2, -0.15) is 5.21 Å². The number of benzene rings is 1. The minimum absolute atomic E-state index is 0.154. The minimum atomic E-state index is -4.62. The fourth-order valence-corrected chi connectivity index (χ4v) is 5.13. The first kappa shape index (κ1) is 22.7. The molecule has 0 saturated carbocycles. The quantitative estimate of drug-likeness (QED) is 0.213. The van der Waals surface area contributed by atoms with Gasteiger partial charge in [-0.1, -0.05) is 6.07 Å². The van der Waals surface area contributed by atoms with Crippen molar-refractivity contribution in [2.45, 2.75) is 22.3 Å². The summed E-state index contributed by atoms with van der Waals surface area (Å²) in [5, 5.41) is 32.9. The average molecular weight is 470 g/mol. The summed E-state index contributed by atoms with van der Waals surface area (Å²) < 4.78 is 48.9. The summed E-state index contributed by atoms with van der Waals surface area (Å²) in [6, 6.07) is 3.27. The van der Waals surface area contributed by atoms with Crippen LogP contribution in [-0.2, 0) is 26.5 Å². The predicted molar refractivity (Wildman–Crippen MR) is 109 cm³/mol. The number of rotatable bonds is 7. The first-order valence-corrected chi connectivity index (χ1v) is 11.6. The molecule has 0 bridgehead atoms. The number of aromatic nitrogens is 5. The fraction of sp³-hybridized carbons (Fsp3) is 0.200. The van der Waals surface area contributed by atoms with Crippen LogP contribution in [0.2, 0.25) is 0 Å². The van der Waals surface area contributed by atoms with Crippen LogP contribution >= 0.6 is 0 Å². The first-order valence-electron chi connectivity index (χ1n) is 8.51. The number of nitrogens with two attached hydrogens (primary N) is 4. The molecule has 0 unspecified atom stereocenters. The molecule has 2 heterocycles. The summed E-state index contributed by atoms with van der Waals surface area (Å²) in [5.74, 6) is -0.0865. The number of anilines is 1. The molecule has 0 fully saturated rings. The van der Waals surface area contributed by atoms with Gasteiger partial charge >= 0.3 is 0 Å². The maximum Gasteiger partial charge on any atom is 0.240 e. The van der Waals surface area contributed by atoms with E-state index >= 15 is 0 Å². The Hall–Kier alpha value is -3.02. The smallest absolute Gasteiger partial charge is 0.240 e. The standard InChI is InChI=1S/C15H19N9O5S2/c16-9(6-25)4-7-3-8(5-20-14(7)17)10-1-2-11(30(18,26)27)13(31(19,28)29)12(10)15-21-23-24-22-15/h1-3,5,9,25H,4,6,16H2,(H2,17,20)(H2,18,26,27)(H2,19,28,29)(H,21,22,23,24)/t9-/m1/s1.